The highest BCUT2D eigenvalue weighted by Crippen LogP contribution is 1.92. The Balaban J connectivity index is 2.28. The SMILES string of the molecule is COCC(C)NC(=S)NCc1nccn1C. The Morgan fingerprint density at radius 1 is 1.69 bits per heavy atom. The third-order valence-electron chi connectivity index (χ3n) is 2.12. The quantitative estimate of drug-likeness (QED) is 0.733. The van der Waals surface area contributed by atoms with E-state index in [2.05, 4.69) is 15.6 Å². The molecule has 1 heterocycles. The summed E-state index contributed by atoms with van der Waals surface area (Å²) in [4.78, 5) is 4.19. The van der Waals surface area contributed by atoms with Crippen molar-refractivity contribution in [1.82, 2.24) is 20.2 Å². The summed E-state index contributed by atoms with van der Waals surface area (Å²) in [6.07, 6.45) is 3.67. The van der Waals surface area contributed by atoms with Gasteiger partial charge in [-0.15, -0.1) is 0 Å². The van der Waals surface area contributed by atoms with E-state index < -0.39 is 0 Å². The van der Waals surface area contributed by atoms with Crippen LogP contribution in [0.15, 0.2) is 12.4 Å². The molecular formula is C10H18N4OS. The van der Waals surface area contributed by atoms with Crippen LogP contribution in [0.4, 0.5) is 0 Å². The second-order valence-corrected chi connectivity index (χ2v) is 4.05. The predicted octanol–water partition coefficient (Wildman–Crippen LogP) is 0.419. The van der Waals surface area contributed by atoms with E-state index in [1.54, 1.807) is 13.3 Å². The molecule has 1 aromatic heterocycles. The van der Waals surface area contributed by atoms with E-state index in [4.69, 9.17) is 17.0 Å². The van der Waals surface area contributed by atoms with Crippen molar-refractivity contribution in [3.63, 3.8) is 0 Å². The van der Waals surface area contributed by atoms with Crippen LogP contribution >= 0.6 is 12.2 Å². The van der Waals surface area contributed by atoms with Crippen LogP contribution in [0.2, 0.25) is 0 Å². The molecule has 0 aliphatic rings. The second-order valence-electron chi connectivity index (χ2n) is 3.64. The highest BCUT2D eigenvalue weighted by Gasteiger charge is 2.04. The standard InChI is InChI=1S/C10H18N4OS/c1-8(7-15-3)13-10(16)12-6-9-11-4-5-14(9)2/h4-5,8H,6-7H2,1-3H3,(H2,12,13,16). The van der Waals surface area contributed by atoms with Crippen LogP contribution in [-0.2, 0) is 18.3 Å². The summed E-state index contributed by atoms with van der Waals surface area (Å²) in [5.74, 6) is 0.948. The van der Waals surface area contributed by atoms with Crippen LogP contribution in [0.1, 0.15) is 12.7 Å². The average molecular weight is 242 g/mol. The summed E-state index contributed by atoms with van der Waals surface area (Å²) in [5.41, 5.74) is 0. The third kappa shape index (κ3) is 4.16. The predicted molar refractivity (Wildman–Crippen MR) is 67.1 cm³/mol. The number of nitrogens with one attached hydrogen (secondary N) is 2. The molecule has 0 fully saturated rings. The summed E-state index contributed by atoms with van der Waals surface area (Å²) in [7, 11) is 3.62. The fraction of sp³-hybridized carbons (Fsp3) is 0.600. The molecule has 0 saturated heterocycles. The Morgan fingerprint density at radius 3 is 3.00 bits per heavy atom. The van der Waals surface area contributed by atoms with Gasteiger partial charge in [-0.25, -0.2) is 4.98 Å². The zero-order valence-corrected chi connectivity index (χ0v) is 10.7. The van der Waals surface area contributed by atoms with Crippen LogP contribution in [0, 0.1) is 0 Å². The number of nitrogens with zero attached hydrogens (tertiary/aromatic N) is 2. The van der Waals surface area contributed by atoms with Crippen LogP contribution in [0.5, 0.6) is 0 Å². The van der Waals surface area contributed by atoms with Crippen LogP contribution in [0.25, 0.3) is 0 Å². The van der Waals surface area contributed by atoms with Gasteiger partial charge in [0.25, 0.3) is 0 Å². The first-order valence-electron chi connectivity index (χ1n) is 5.13. The van der Waals surface area contributed by atoms with E-state index in [9.17, 15) is 0 Å². The van der Waals surface area contributed by atoms with Crippen molar-refractivity contribution in [3.8, 4) is 0 Å². The van der Waals surface area contributed by atoms with Gasteiger partial charge in [-0.1, -0.05) is 0 Å². The van der Waals surface area contributed by atoms with Crippen molar-refractivity contribution in [2.24, 2.45) is 7.05 Å². The fourth-order valence-corrected chi connectivity index (χ4v) is 1.57. The number of aromatic nitrogens is 2. The highest BCUT2D eigenvalue weighted by molar-refractivity contribution is 7.80. The maximum absolute atomic E-state index is 5.15. The summed E-state index contributed by atoms with van der Waals surface area (Å²) in [5, 5.41) is 6.84. The lowest BCUT2D eigenvalue weighted by atomic mass is 10.4. The lowest BCUT2D eigenvalue weighted by Gasteiger charge is -2.15. The van der Waals surface area contributed by atoms with Gasteiger partial charge in [0.15, 0.2) is 5.11 Å². The van der Waals surface area contributed by atoms with Gasteiger partial charge in [-0.3, -0.25) is 0 Å². The molecule has 1 atom stereocenters. The average Bonchev–Trinajstić information content (AvgIpc) is 2.61. The summed E-state index contributed by atoms with van der Waals surface area (Å²) < 4.78 is 6.96. The minimum absolute atomic E-state index is 0.200. The van der Waals surface area contributed by atoms with E-state index in [-0.39, 0.29) is 6.04 Å². The molecule has 0 aromatic carbocycles. The minimum atomic E-state index is 0.200. The zero-order valence-electron chi connectivity index (χ0n) is 9.86. The van der Waals surface area contributed by atoms with Gasteiger partial charge in [0, 0.05) is 32.6 Å². The largest absolute Gasteiger partial charge is 0.383 e. The van der Waals surface area contributed by atoms with Crippen LogP contribution in [-0.4, -0.2) is 34.4 Å². The molecule has 16 heavy (non-hydrogen) atoms. The molecular weight excluding hydrogens is 224 g/mol. The maximum Gasteiger partial charge on any atom is 0.166 e. The molecule has 0 amide bonds. The van der Waals surface area contributed by atoms with Gasteiger partial charge in [-0.05, 0) is 19.1 Å². The maximum atomic E-state index is 5.15. The van der Waals surface area contributed by atoms with Gasteiger partial charge in [0.2, 0.25) is 0 Å². The normalized spacial score (nSPS) is 12.2. The molecule has 1 aromatic rings. The van der Waals surface area contributed by atoms with Gasteiger partial charge >= 0.3 is 0 Å². The third-order valence-corrected chi connectivity index (χ3v) is 2.38. The van der Waals surface area contributed by atoms with Gasteiger partial charge in [-0.2, -0.15) is 0 Å². The molecule has 0 aliphatic carbocycles. The van der Waals surface area contributed by atoms with Gasteiger partial charge in [0.05, 0.1) is 13.2 Å². The Bertz CT molecular complexity index is 339. The Morgan fingerprint density at radius 2 is 2.44 bits per heavy atom. The van der Waals surface area contributed by atoms with Crippen molar-refractivity contribution in [2.75, 3.05) is 13.7 Å². The van der Waals surface area contributed by atoms with Gasteiger partial charge < -0.3 is 19.9 Å². The lowest BCUT2D eigenvalue weighted by molar-refractivity contribution is 0.179. The number of imidazole rings is 1. The highest BCUT2D eigenvalue weighted by atomic mass is 32.1. The molecule has 90 valence electrons. The van der Waals surface area contributed by atoms with Crippen molar-refractivity contribution < 1.29 is 4.74 Å². The monoisotopic (exact) mass is 242 g/mol. The first kappa shape index (κ1) is 12.9. The Kier molecular flexibility index (Phi) is 5.21. The number of hydrogen-bond acceptors (Lipinski definition) is 3. The molecule has 0 saturated carbocycles. The smallest absolute Gasteiger partial charge is 0.166 e. The van der Waals surface area contributed by atoms with Crippen LogP contribution in [0.3, 0.4) is 0 Å². The van der Waals surface area contributed by atoms with E-state index >= 15 is 0 Å². The number of hydrogen-bond donors (Lipinski definition) is 2. The van der Waals surface area contributed by atoms with E-state index in [1.165, 1.54) is 0 Å². The topological polar surface area (TPSA) is 51.1 Å². The number of methoxy groups -OCH3 is 1. The molecule has 0 bridgehead atoms. The number of aryl methyl sites for hydroxylation is 1. The van der Waals surface area contributed by atoms with Crippen molar-refractivity contribution in [2.45, 2.75) is 19.5 Å². The summed E-state index contributed by atoms with van der Waals surface area (Å²) in [6, 6.07) is 0.200. The number of rotatable bonds is 5. The molecule has 1 rings (SSSR count). The van der Waals surface area contributed by atoms with Crippen molar-refractivity contribution in [1.29, 1.82) is 0 Å². The summed E-state index contributed by atoms with van der Waals surface area (Å²) in [6.45, 7) is 3.26. The molecule has 5 nitrogen and oxygen atoms in total. The Hall–Kier alpha value is -1.14. The van der Waals surface area contributed by atoms with E-state index in [1.807, 2.05) is 24.7 Å². The van der Waals surface area contributed by atoms with Crippen molar-refractivity contribution >= 4 is 17.3 Å². The lowest BCUT2D eigenvalue weighted by Crippen LogP contribution is -2.42. The summed E-state index contributed by atoms with van der Waals surface area (Å²) >= 11 is 5.15. The molecule has 0 radical (unpaired) electrons. The molecule has 0 aliphatic heterocycles. The fourth-order valence-electron chi connectivity index (χ4n) is 1.29. The first-order chi connectivity index (χ1) is 7.63. The molecule has 1 unspecified atom stereocenters. The Labute approximate surface area is 101 Å². The van der Waals surface area contributed by atoms with Crippen LogP contribution < -0.4 is 10.6 Å². The minimum Gasteiger partial charge on any atom is -0.383 e. The molecule has 2 N–H and O–H groups in total. The number of ether oxygens (including phenoxy) is 1. The molecule has 6 heteroatoms. The first-order valence-corrected chi connectivity index (χ1v) is 5.53. The zero-order chi connectivity index (χ0) is 12.0. The van der Waals surface area contributed by atoms with E-state index in [0.29, 0.717) is 18.3 Å². The molecule has 0 spiro atoms. The number of thiocarbonyl (C=S) groups is 1. The second kappa shape index (κ2) is 6.44. The van der Waals surface area contributed by atoms with Crippen molar-refractivity contribution in [3.05, 3.63) is 18.2 Å². The van der Waals surface area contributed by atoms with Gasteiger partial charge in [0.1, 0.15) is 5.82 Å². The van der Waals surface area contributed by atoms with E-state index in [0.717, 1.165) is 5.82 Å².